The predicted octanol–water partition coefficient (Wildman–Crippen LogP) is 0.452. The molecule has 0 saturated heterocycles. The Morgan fingerprint density at radius 3 is 2.81 bits per heavy atom. The summed E-state index contributed by atoms with van der Waals surface area (Å²) in [6, 6.07) is 9.41. The number of hydrogen-bond acceptors (Lipinski definition) is 5. The second kappa shape index (κ2) is 9.62. The normalized spacial score (nSPS) is 13.2. The molecule has 0 fully saturated rings. The van der Waals surface area contributed by atoms with Gasteiger partial charge in [0.05, 0.1) is 33.3 Å². The van der Waals surface area contributed by atoms with E-state index in [2.05, 4.69) is 15.0 Å². The van der Waals surface area contributed by atoms with Crippen molar-refractivity contribution in [1.82, 2.24) is 15.0 Å². The van der Waals surface area contributed by atoms with Crippen LogP contribution in [-0.4, -0.2) is 32.1 Å². The largest absolute Gasteiger partial charge is 1.00 e. The molecule has 0 aliphatic heterocycles. The molecular formula is C18H22N3NaO3S. The molecule has 2 heterocycles. The summed E-state index contributed by atoms with van der Waals surface area (Å²) in [5, 5.41) is 0.455. The number of nitrogens with one attached hydrogen (secondary N) is 1. The minimum absolute atomic E-state index is 0. The SMILES string of the molecule is CCOC(C)Oc1ccnc(CS(=O)c2nc3ccccc3[nH]2)c1C.[H-].[Na+]. The molecule has 26 heavy (non-hydrogen) atoms. The fourth-order valence-electron chi connectivity index (χ4n) is 2.51. The summed E-state index contributed by atoms with van der Waals surface area (Å²) in [5.74, 6) is 0.957. The van der Waals surface area contributed by atoms with Crippen LogP contribution in [0.5, 0.6) is 5.75 Å². The van der Waals surface area contributed by atoms with Gasteiger partial charge in [-0.25, -0.2) is 4.98 Å². The molecule has 3 aromatic rings. The van der Waals surface area contributed by atoms with E-state index in [0.717, 1.165) is 22.3 Å². The van der Waals surface area contributed by atoms with Crippen molar-refractivity contribution >= 4 is 21.8 Å². The number of fused-ring (bicyclic) bond motifs is 1. The molecule has 0 radical (unpaired) electrons. The Hall–Kier alpha value is -1.25. The molecule has 2 atom stereocenters. The Bertz CT molecular complexity index is 873. The van der Waals surface area contributed by atoms with Gasteiger partial charge in [0.1, 0.15) is 5.75 Å². The summed E-state index contributed by atoms with van der Waals surface area (Å²) in [6.45, 7) is 6.25. The molecule has 2 unspecified atom stereocenters. The van der Waals surface area contributed by atoms with Gasteiger partial charge in [-0.2, -0.15) is 0 Å². The number of H-pyrrole nitrogens is 1. The smallest absolute Gasteiger partial charge is 1.00 e. The van der Waals surface area contributed by atoms with Crippen LogP contribution in [-0.2, 0) is 21.3 Å². The minimum atomic E-state index is -1.32. The molecule has 1 N–H and O–H groups in total. The van der Waals surface area contributed by atoms with Crippen molar-refractivity contribution in [3.63, 3.8) is 0 Å². The number of aromatic nitrogens is 3. The summed E-state index contributed by atoms with van der Waals surface area (Å²) in [5.41, 5.74) is 3.26. The van der Waals surface area contributed by atoms with Gasteiger partial charge in [0.25, 0.3) is 0 Å². The molecule has 3 rings (SSSR count). The van der Waals surface area contributed by atoms with Crippen molar-refractivity contribution in [3.8, 4) is 5.75 Å². The van der Waals surface area contributed by atoms with Gasteiger partial charge in [-0.3, -0.25) is 9.19 Å². The van der Waals surface area contributed by atoms with Crippen molar-refractivity contribution in [3.05, 3.63) is 47.8 Å². The number of para-hydroxylation sites is 2. The summed E-state index contributed by atoms with van der Waals surface area (Å²) in [6.07, 6.45) is 1.31. The van der Waals surface area contributed by atoms with Crippen LogP contribution >= 0.6 is 0 Å². The Morgan fingerprint density at radius 1 is 1.31 bits per heavy atom. The van der Waals surface area contributed by atoms with Crippen LogP contribution in [0.2, 0.25) is 0 Å². The molecule has 1 aromatic carbocycles. The Balaban J connectivity index is 0.00000182. The number of nitrogens with zero attached hydrogens (tertiary/aromatic N) is 2. The van der Waals surface area contributed by atoms with E-state index in [0.29, 0.717) is 17.5 Å². The maximum Gasteiger partial charge on any atom is 1.00 e. The van der Waals surface area contributed by atoms with Crippen molar-refractivity contribution in [2.24, 2.45) is 0 Å². The number of imidazole rings is 1. The van der Waals surface area contributed by atoms with Gasteiger partial charge in [-0.15, -0.1) is 0 Å². The second-order valence-corrected chi connectivity index (χ2v) is 6.94. The topological polar surface area (TPSA) is 77.1 Å². The van der Waals surface area contributed by atoms with E-state index in [9.17, 15) is 4.21 Å². The molecule has 134 valence electrons. The molecule has 0 aliphatic rings. The van der Waals surface area contributed by atoms with Gasteiger partial charge >= 0.3 is 29.6 Å². The van der Waals surface area contributed by atoms with Crippen molar-refractivity contribution < 1.29 is 44.7 Å². The van der Waals surface area contributed by atoms with Crippen LogP contribution in [0.1, 0.15) is 26.5 Å². The Morgan fingerprint density at radius 2 is 2.08 bits per heavy atom. The Labute approximate surface area is 179 Å². The number of pyridine rings is 1. The first kappa shape index (κ1) is 21.1. The first-order valence-corrected chi connectivity index (χ1v) is 9.46. The number of benzene rings is 1. The van der Waals surface area contributed by atoms with Crippen LogP contribution in [0.15, 0.2) is 41.7 Å². The van der Waals surface area contributed by atoms with E-state index in [4.69, 9.17) is 9.47 Å². The zero-order valence-electron chi connectivity index (χ0n) is 16.5. The fourth-order valence-corrected chi connectivity index (χ4v) is 3.61. The molecule has 6 nitrogen and oxygen atoms in total. The summed E-state index contributed by atoms with van der Waals surface area (Å²) in [4.78, 5) is 11.9. The molecule has 0 aliphatic carbocycles. The van der Waals surface area contributed by atoms with E-state index in [1.807, 2.05) is 45.0 Å². The van der Waals surface area contributed by atoms with Gasteiger partial charge in [0.15, 0.2) is 11.4 Å². The van der Waals surface area contributed by atoms with Crippen molar-refractivity contribution in [2.75, 3.05) is 6.61 Å². The van der Waals surface area contributed by atoms with E-state index in [-0.39, 0.29) is 43.0 Å². The number of hydrogen-bond donors (Lipinski definition) is 1. The summed E-state index contributed by atoms with van der Waals surface area (Å²) in [7, 11) is -1.32. The average molecular weight is 383 g/mol. The van der Waals surface area contributed by atoms with Gasteiger partial charge in [0.2, 0.25) is 0 Å². The fraction of sp³-hybridized carbons (Fsp3) is 0.333. The molecule has 0 bridgehead atoms. The molecule has 0 spiro atoms. The van der Waals surface area contributed by atoms with Crippen LogP contribution in [0, 0.1) is 6.92 Å². The number of ether oxygens (including phenoxy) is 2. The third-order valence-corrected chi connectivity index (χ3v) is 4.96. The zero-order chi connectivity index (χ0) is 17.8. The van der Waals surface area contributed by atoms with Crippen molar-refractivity contribution in [1.29, 1.82) is 0 Å². The van der Waals surface area contributed by atoms with Gasteiger partial charge in [-0.1, -0.05) is 12.1 Å². The molecular weight excluding hydrogens is 361 g/mol. The molecule has 0 amide bonds. The summed E-state index contributed by atoms with van der Waals surface area (Å²) < 4.78 is 23.9. The average Bonchev–Trinajstić information content (AvgIpc) is 3.03. The van der Waals surface area contributed by atoms with E-state index in [1.165, 1.54) is 0 Å². The number of rotatable bonds is 7. The monoisotopic (exact) mass is 383 g/mol. The van der Waals surface area contributed by atoms with E-state index < -0.39 is 10.8 Å². The maximum absolute atomic E-state index is 12.7. The first-order chi connectivity index (χ1) is 12.1. The van der Waals surface area contributed by atoms with Crippen LogP contribution in [0.3, 0.4) is 0 Å². The maximum atomic E-state index is 12.7. The quantitative estimate of drug-likeness (QED) is 0.474. The van der Waals surface area contributed by atoms with E-state index >= 15 is 0 Å². The summed E-state index contributed by atoms with van der Waals surface area (Å²) >= 11 is 0. The van der Waals surface area contributed by atoms with Gasteiger partial charge in [-0.05, 0) is 39.0 Å². The third-order valence-electron chi connectivity index (χ3n) is 3.80. The molecule has 8 heteroatoms. The van der Waals surface area contributed by atoms with Crippen LogP contribution in [0.4, 0.5) is 0 Å². The predicted molar refractivity (Wildman–Crippen MR) is 98.0 cm³/mol. The van der Waals surface area contributed by atoms with Gasteiger partial charge < -0.3 is 15.9 Å². The Kier molecular flexibility index (Phi) is 7.79. The zero-order valence-corrected chi connectivity index (χ0v) is 18.3. The van der Waals surface area contributed by atoms with Crippen molar-refractivity contribution in [2.45, 2.75) is 38.0 Å². The third kappa shape index (κ3) is 4.92. The number of aromatic amines is 1. The van der Waals surface area contributed by atoms with Crippen LogP contribution in [0.25, 0.3) is 11.0 Å². The standard InChI is InChI=1S/C18H21N3O3S.Na.H/c1-4-23-13(3)24-17-9-10-19-16(12(17)2)11-25(22)18-20-14-7-5-6-8-15(14)21-18;;/h5-10,13H,4,11H2,1-3H3,(H,20,21);;/q;+1;-1. The second-order valence-electron chi connectivity index (χ2n) is 5.57. The van der Waals surface area contributed by atoms with E-state index in [1.54, 1.807) is 12.3 Å². The molecule has 2 aromatic heterocycles. The first-order valence-electron chi connectivity index (χ1n) is 8.14. The van der Waals surface area contributed by atoms with Gasteiger partial charge in [0, 0.05) is 18.4 Å². The van der Waals surface area contributed by atoms with Crippen LogP contribution < -0.4 is 34.3 Å². The molecule has 0 saturated carbocycles. The minimum Gasteiger partial charge on any atom is -1.00 e.